The maximum absolute atomic E-state index is 14.3. The number of anilines is 2. The summed E-state index contributed by atoms with van der Waals surface area (Å²) in [6, 6.07) is 13.4. The summed E-state index contributed by atoms with van der Waals surface area (Å²) in [4.78, 5) is 14.3. The predicted octanol–water partition coefficient (Wildman–Crippen LogP) is 10.6. The molecular formula is C33H46N2OP2. The van der Waals surface area contributed by atoms with Gasteiger partial charge in [-0.25, -0.2) is 0 Å². The van der Waals surface area contributed by atoms with E-state index in [9.17, 15) is 4.79 Å². The molecule has 1 saturated heterocycles. The van der Waals surface area contributed by atoms with E-state index in [1.807, 2.05) is 0 Å². The monoisotopic (exact) mass is 548 g/mol. The molecule has 0 saturated carbocycles. The van der Waals surface area contributed by atoms with E-state index in [0.717, 1.165) is 18.0 Å². The Morgan fingerprint density at radius 1 is 0.737 bits per heavy atom. The fraction of sp³-hybridized carbons (Fsp3) is 0.485. The van der Waals surface area contributed by atoms with Gasteiger partial charge < -0.3 is 9.99 Å². The number of hydrogen-bond donors (Lipinski definition) is 1. The number of carbonyl (C=O) groups is 1. The van der Waals surface area contributed by atoms with Crippen molar-refractivity contribution in [2.24, 2.45) is 0 Å². The summed E-state index contributed by atoms with van der Waals surface area (Å²) in [5.41, 5.74) is 11.9. The quantitative estimate of drug-likeness (QED) is 0.212. The van der Waals surface area contributed by atoms with Crippen LogP contribution >= 0.6 is 15.4 Å². The molecular weight excluding hydrogens is 502 g/mol. The highest BCUT2D eigenvalue weighted by Gasteiger charge is 2.48. The fourth-order valence-electron chi connectivity index (χ4n) is 5.55. The molecule has 204 valence electrons. The van der Waals surface area contributed by atoms with E-state index in [1.54, 1.807) is 0 Å². The molecule has 0 radical (unpaired) electrons. The molecule has 2 aromatic rings. The van der Waals surface area contributed by atoms with Gasteiger partial charge in [0.15, 0.2) is 0 Å². The Labute approximate surface area is 233 Å². The van der Waals surface area contributed by atoms with Crippen molar-refractivity contribution in [2.45, 2.75) is 92.9 Å². The molecule has 0 bridgehead atoms. The first-order chi connectivity index (χ1) is 17.9. The van der Waals surface area contributed by atoms with Crippen molar-refractivity contribution in [3.05, 3.63) is 81.7 Å². The number of allylic oxidation sites excluding steroid dienone is 3. The molecule has 1 N–H and O–H groups in total. The molecule has 0 amide bonds. The van der Waals surface area contributed by atoms with Crippen LogP contribution in [-0.2, 0) is 4.79 Å². The van der Waals surface area contributed by atoms with E-state index in [2.05, 4.69) is 122 Å². The van der Waals surface area contributed by atoms with Crippen LogP contribution in [0.3, 0.4) is 0 Å². The van der Waals surface area contributed by atoms with E-state index in [1.165, 1.54) is 44.8 Å². The van der Waals surface area contributed by atoms with Crippen LogP contribution in [0.25, 0.3) is 0 Å². The van der Waals surface area contributed by atoms with E-state index < -0.39 is 15.4 Å². The average molecular weight is 549 g/mol. The molecule has 2 aliphatic rings. The number of para-hydroxylation sites is 2. The van der Waals surface area contributed by atoms with Gasteiger partial charge in [-0.3, -0.25) is 4.79 Å². The van der Waals surface area contributed by atoms with Crippen molar-refractivity contribution in [1.82, 2.24) is 0 Å². The molecule has 2 aliphatic heterocycles. The summed E-state index contributed by atoms with van der Waals surface area (Å²) < 4.78 is 2.53. The molecule has 4 rings (SSSR count). The average Bonchev–Trinajstić information content (AvgIpc) is 3.11. The third kappa shape index (κ3) is 5.39. The number of carbonyl (C=O) groups excluding carboxylic acids is 1. The van der Waals surface area contributed by atoms with Crippen molar-refractivity contribution < 1.29 is 4.79 Å². The molecule has 0 aliphatic carbocycles. The Hall–Kier alpha value is -1.95. The molecule has 1 fully saturated rings. The highest BCUT2D eigenvalue weighted by molar-refractivity contribution is 8.38. The van der Waals surface area contributed by atoms with Crippen LogP contribution in [0.15, 0.2) is 59.4 Å². The molecule has 2 atom stereocenters. The van der Waals surface area contributed by atoms with Crippen molar-refractivity contribution >= 4 is 32.3 Å². The molecule has 2 heterocycles. The molecule has 38 heavy (non-hydrogen) atoms. The van der Waals surface area contributed by atoms with Gasteiger partial charge in [0.05, 0.1) is 5.69 Å². The summed E-state index contributed by atoms with van der Waals surface area (Å²) in [5.74, 6) is 1.55. The maximum atomic E-state index is 14.3. The number of rotatable bonds is 7. The largest absolute Gasteiger partial charge is 0.359 e. The van der Waals surface area contributed by atoms with Gasteiger partial charge in [0.2, 0.25) is 5.52 Å². The van der Waals surface area contributed by atoms with Crippen molar-refractivity contribution in [1.29, 1.82) is 0 Å². The Morgan fingerprint density at radius 2 is 1.18 bits per heavy atom. The van der Waals surface area contributed by atoms with Crippen LogP contribution in [0.4, 0.5) is 11.4 Å². The number of hydrogen-bond acceptors (Lipinski definition) is 3. The lowest BCUT2D eigenvalue weighted by Crippen LogP contribution is -2.20. The van der Waals surface area contributed by atoms with E-state index >= 15 is 0 Å². The fourth-order valence-corrected chi connectivity index (χ4v) is 13.8. The smallest absolute Gasteiger partial charge is 0.208 e. The summed E-state index contributed by atoms with van der Waals surface area (Å²) in [6.45, 7) is 22.6. The molecule has 2 aromatic carbocycles. The Kier molecular flexibility index (Phi) is 8.91. The minimum absolute atomic E-state index is 0.367. The minimum Gasteiger partial charge on any atom is -0.359 e. The van der Waals surface area contributed by atoms with Gasteiger partial charge in [-0.2, -0.15) is 0 Å². The van der Waals surface area contributed by atoms with Gasteiger partial charge >= 0.3 is 0 Å². The molecule has 0 aromatic heterocycles. The summed E-state index contributed by atoms with van der Waals surface area (Å²) in [7, 11) is -1.37. The third-order valence-electron chi connectivity index (χ3n) is 7.97. The summed E-state index contributed by atoms with van der Waals surface area (Å²) in [5, 5.41) is 3.73. The Balaban J connectivity index is 1.93. The van der Waals surface area contributed by atoms with Gasteiger partial charge in [-0.1, -0.05) is 103 Å². The first-order valence-corrected chi connectivity index (χ1v) is 17.9. The molecule has 1 unspecified atom stereocenters. The minimum atomic E-state index is -0.747. The topological polar surface area (TPSA) is 32.3 Å². The highest BCUT2D eigenvalue weighted by Crippen LogP contribution is 2.81. The number of nitrogens with one attached hydrogen (secondary N) is 1. The van der Waals surface area contributed by atoms with Crippen molar-refractivity contribution in [3.8, 4) is 0 Å². The van der Waals surface area contributed by atoms with E-state index in [-0.39, 0.29) is 0 Å². The van der Waals surface area contributed by atoms with Crippen LogP contribution in [0.1, 0.15) is 115 Å². The summed E-state index contributed by atoms with van der Waals surface area (Å²) >= 11 is 0. The van der Waals surface area contributed by atoms with Crippen LogP contribution in [0.5, 0.6) is 0 Å². The first-order valence-electron chi connectivity index (χ1n) is 14.2. The van der Waals surface area contributed by atoms with Crippen LogP contribution < -0.4 is 9.99 Å². The van der Waals surface area contributed by atoms with Crippen molar-refractivity contribution in [3.63, 3.8) is 0 Å². The SMILES string of the molecule is CC1=C(C)C[P@]2N(c3c(C(C)C)cccc3C(C)C)/C(=C/Nc3c(C(C)C)cccc3C(C)C)C(=O)P2C1. The lowest BCUT2D eigenvalue weighted by Gasteiger charge is -2.36. The maximum Gasteiger partial charge on any atom is 0.208 e. The lowest BCUT2D eigenvalue weighted by molar-refractivity contribution is -0.108. The number of nitrogens with zero attached hydrogens (tertiary/aromatic N) is 1. The lowest BCUT2D eigenvalue weighted by atomic mass is 9.92. The normalized spacial score (nSPS) is 21.1. The van der Waals surface area contributed by atoms with Crippen LogP contribution in [0.2, 0.25) is 0 Å². The van der Waals surface area contributed by atoms with Gasteiger partial charge in [0.25, 0.3) is 0 Å². The van der Waals surface area contributed by atoms with E-state index in [0.29, 0.717) is 29.2 Å². The van der Waals surface area contributed by atoms with Crippen molar-refractivity contribution in [2.75, 3.05) is 22.3 Å². The second kappa shape index (κ2) is 11.7. The second-order valence-electron chi connectivity index (χ2n) is 12.2. The number of fused-ring (bicyclic) bond motifs is 1. The Bertz CT molecular complexity index is 1220. The third-order valence-corrected chi connectivity index (χ3v) is 15.2. The van der Waals surface area contributed by atoms with E-state index in [4.69, 9.17) is 0 Å². The zero-order valence-corrected chi connectivity index (χ0v) is 26.8. The molecule has 5 heteroatoms. The second-order valence-corrected chi connectivity index (χ2v) is 18.0. The van der Waals surface area contributed by atoms with Gasteiger partial charge in [0, 0.05) is 39.6 Å². The van der Waals surface area contributed by atoms with Gasteiger partial charge in [-0.05, 0) is 59.8 Å². The summed E-state index contributed by atoms with van der Waals surface area (Å²) in [6.07, 6.45) is 4.05. The molecule has 0 spiro atoms. The number of benzene rings is 2. The van der Waals surface area contributed by atoms with Crippen LogP contribution in [0, 0.1) is 0 Å². The zero-order valence-electron chi connectivity index (χ0n) is 25.0. The Morgan fingerprint density at radius 3 is 1.66 bits per heavy atom. The standard InChI is InChI=1S/C33H46N2OP2/c1-20(2)26-13-11-14-27(21(3)4)31(26)34-17-30-33(36)37-18-24(9)25(10)19-38(37)35(30)32-28(22(5)6)15-12-16-29(32)23(7)8/h11-17,20-23,34H,18-19H2,1-10H3/b30-17+/t37?,38-/m1/s1. The predicted molar refractivity (Wildman–Crippen MR) is 170 cm³/mol. The van der Waals surface area contributed by atoms with Gasteiger partial charge in [-0.15, -0.1) is 0 Å². The zero-order chi connectivity index (χ0) is 27.9. The first kappa shape index (κ1) is 29.0. The molecule has 3 nitrogen and oxygen atoms in total. The van der Waals surface area contributed by atoms with Gasteiger partial charge in [0.1, 0.15) is 5.70 Å². The highest BCUT2D eigenvalue weighted by atomic mass is 32.1. The van der Waals surface area contributed by atoms with Crippen LogP contribution in [-0.4, -0.2) is 17.8 Å².